The van der Waals surface area contributed by atoms with Crippen LogP contribution in [0.1, 0.15) is 15.9 Å². The van der Waals surface area contributed by atoms with E-state index in [-0.39, 0.29) is 13.2 Å². The number of amides is 1. The minimum absolute atomic E-state index is 0.273. The standard InChI is InChI=1S/C17H16ClNO4/c1-22-14-7-4-6-12(9-14)17(21)23-11-16(20)19-10-13-5-2-3-8-15(13)18/h2-9H,10-11H2,1H3,(H,19,20). The Bertz CT molecular complexity index is 702. The lowest BCUT2D eigenvalue weighted by molar-refractivity contribution is -0.124. The van der Waals surface area contributed by atoms with E-state index in [9.17, 15) is 9.59 Å². The first-order valence-electron chi connectivity index (χ1n) is 6.91. The Hall–Kier alpha value is -2.53. The van der Waals surface area contributed by atoms with Crippen LogP contribution in [0, 0.1) is 0 Å². The molecular formula is C17H16ClNO4. The van der Waals surface area contributed by atoms with Crippen molar-refractivity contribution in [1.29, 1.82) is 0 Å². The SMILES string of the molecule is COc1cccc(C(=O)OCC(=O)NCc2ccccc2Cl)c1. The molecule has 0 heterocycles. The van der Waals surface area contributed by atoms with Crippen molar-refractivity contribution in [2.45, 2.75) is 6.54 Å². The zero-order valence-electron chi connectivity index (χ0n) is 12.5. The molecule has 0 saturated carbocycles. The highest BCUT2D eigenvalue weighted by molar-refractivity contribution is 6.31. The topological polar surface area (TPSA) is 64.6 Å². The van der Waals surface area contributed by atoms with Crippen LogP contribution in [0.5, 0.6) is 5.75 Å². The van der Waals surface area contributed by atoms with E-state index in [4.69, 9.17) is 21.1 Å². The maximum Gasteiger partial charge on any atom is 0.338 e. The Kier molecular flexibility index (Phi) is 6.00. The normalized spacial score (nSPS) is 10.0. The molecule has 120 valence electrons. The van der Waals surface area contributed by atoms with Gasteiger partial charge in [0.25, 0.3) is 5.91 Å². The van der Waals surface area contributed by atoms with E-state index in [0.29, 0.717) is 16.3 Å². The number of esters is 1. The number of hydrogen-bond acceptors (Lipinski definition) is 4. The molecular weight excluding hydrogens is 318 g/mol. The van der Waals surface area contributed by atoms with E-state index >= 15 is 0 Å². The number of ether oxygens (including phenoxy) is 2. The summed E-state index contributed by atoms with van der Waals surface area (Å²) >= 11 is 6.00. The van der Waals surface area contributed by atoms with Gasteiger partial charge >= 0.3 is 5.97 Å². The number of rotatable bonds is 6. The average Bonchev–Trinajstić information content (AvgIpc) is 2.59. The van der Waals surface area contributed by atoms with Crippen molar-refractivity contribution in [3.05, 3.63) is 64.7 Å². The van der Waals surface area contributed by atoms with Crippen molar-refractivity contribution >= 4 is 23.5 Å². The van der Waals surface area contributed by atoms with Gasteiger partial charge in [0, 0.05) is 11.6 Å². The molecule has 2 aromatic carbocycles. The van der Waals surface area contributed by atoms with Gasteiger partial charge in [0.05, 0.1) is 12.7 Å². The van der Waals surface area contributed by atoms with E-state index in [1.807, 2.05) is 18.2 Å². The first-order valence-corrected chi connectivity index (χ1v) is 7.29. The minimum atomic E-state index is -0.586. The molecule has 1 amide bonds. The summed E-state index contributed by atoms with van der Waals surface area (Å²) in [5, 5.41) is 3.21. The van der Waals surface area contributed by atoms with Crippen LogP contribution in [0.3, 0.4) is 0 Å². The number of carbonyl (C=O) groups is 2. The lowest BCUT2D eigenvalue weighted by atomic mass is 10.2. The molecule has 0 bridgehead atoms. The molecule has 23 heavy (non-hydrogen) atoms. The van der Waals surface area contributed by atoms with E-state index in [1.165, 1.54) is 7.11 Å². The van der Waals surface area contributed by atoms with Crippen molar-refractivity contribution in [3.8, 4) is 5.75 Å². The minimum Gasteiger partial charge on any atom is -0.497 e. The molecule has 6 heteroatoms. The van der Waals surface area contributed by atoms with Crippen molar-refractivity contribution in [3.63, 3.8) is 0 Å². The summed E-state index contributed by atoms with van der Waals surface area (Å²) in [5.74, 6) is -0.444. The molecule has 0 fully saturated rings. The lowest BCUT2D eigenvalue weighted by Gasteiger charge is -2.08. The Labute approximate surface area is 139 Å². The van der Waals surface area contributed by atoms with Crippen LogP contribution < -0.4 is 10.1 Å². The third-order valence-electron chi connectivity index (χ3n) is 3.07. The molecule has 0 aromatic heterocycles. The number of nitrogens with one attached hydrogen (secondary N) is 1. The smallest absolute Gasteiger partial charge is 0.338 e. The summed E-state index contributed by atoms with van der Waals surface area (Å²) in [4.78, 5) is 23.6. The van der Waals surface area contributed by atoms with Gasteiger partial charge in [-0.05, 0) is 29.8 Å². The van der Waals surface area contributed by atoms with Gasteiger partial charge in [0.2, 0.25) is 0 Å². The molecule has 2 aromatic rings. The Balaban J connectivity index is 1.82. The fourth-order valence-electron chi connectivity index (χ4n) is 1.85. The van der Waals surface area contributed by atoms with Crippen LogP contribution >= 0.6 is 11.6 Å². The fourth-order valence-corrected chi connectivity index (χ4v) is 2.05. The summed E-state index contributed by atoms with van der Waals surface area (Å²) < 4.78 is 10.00. The van der Waals surface area contributed by atoms with Crippen molar-refractivity contribution < 1.29 is 19.1 Å². The molecule has 2 rings (SSSR count). The number of carbonyl (C=O) groups excluding carboxylic acids is 2. The van der Waals surface area contributed by atoms with Crippen molar-refractivity contribution in [1.82, 2.24) is 5.32 Å². The third kappa shape index (κ3) is 5.00. The summed E-state index contributed by atoms with van der Waals surface area (Å²) in [7, 11) is 1.51. The van der Waals surface area contributed by atoms with E-state index < -0.39 is 11.9 Å². The number of hydrogen-bond donors (Lipinski definition) is 1. The molecule has 0 spiro atoms. The molecule has 5 nitrogen and oxygen atoms in total. The highest BCUT2D eigenvalue weighted by atomic mass is 35.5. The van der Waals surface area contributed by atoms with Crippen molar-refractivity contribution in [2.75, 3.05) is 13.7 Å². The molecule has 0 aliphatic carbocycles. The summed E-state index contributed by atoms with van der Waals surface area (Å²) in [5.41, 5.74) is 1.12. The molecule has 0 saturated heterocycles. The van der Waals surface area contributed by atoms with Gasteiger partial charge in [-0.3, -0.25) is 4.79 Å². The Morgan fingerprint density at radius 3 is 2.65 bits per heavy atom. The van der Waals surface area contributed by atoms with Gasteiger partial charge in [-0.1, -0.05) is 35.9 Å². The van der Waals surface area contributed by atoms with Gasteiger partial charge in [0.15, 0.2) is 6.61 Å². The lowest BCUT2D eigenvalue weighted by Crippen LogP contribution is -2.28. The predicted octanol–water partition coefficient (Wildman–Crippen LogP) is 2.82. The average molecular weight is 334 g/mol. The number of methoxy groups -OCH3 is 1. The van der Waals surface area contributed by atoms with Crippen molar-refractivity contribution in [2.24, 2.45) is 0 Å². The first kappa shape index (κ1) is 16.8. The summed E-state index contributed by atoms with van der Waals surface area (Å²) in [6.07, 6.45) is 0. The zero-order chi connectivity index (χ0) is 16.7. The molecule has 0 aliphatic heterocycles. The van der Waals surface area contributed by atoms with Gasteiger partial charge in [-0.25, -0.2) is 4.79 Å². The second-order valence-electron chi connectivity index (χ2n) is 4.68. The van der Waals surface area contributed by atoms with Gasteiger partial charge < -0.3 is 14.8 Å². The highest BCUT2D eigenvalue weighted by Crippen LogP contribution is 2.14. The molecule has 0 atom stereocenters. The Morgan fingerprint density at radius 2 is 1.91 bits per heavy atom. The molecule has 0 radical (unpaired) electrons. The van der Waals surface area contributed by atoms with Crippen LogP contribution in [0.4, 0.5) is 0 Å². The Morgan fingerprint density at radius 1 is 1.13 bits per heavy atom. The predicted molar refractivity (Wildman–Crippen MR) is 86.6 cm³/mol. The van der Waals surface area contributed by atoms with Gasteiger partial charge in [-0.15, -0.1) is 0 Å². The van der Waals surface area contributed by atoms with Crippen LogP contribution in [-0.4, -0.2) is 25.6 Å². The zero-order valence-corrected chi connectivity index (χ0v) is 13.3. The summed E-state index contributed by atoms with van der Waals surface area (Å²) in [6, 6.07) is 13.7. The van der Waals surface area contributed by atoms with Gasteiger partial charge in [0.1, 0.15) is 5.75 Å². The second kappa shape index (κ2) is 8.19. The molecule has 0 unspecified atom stereocenters. The van der Waals surface area contributed by atoms with Crippen LogP contribution in [-0.2, 0) is 16.1 Å². The summed E-state index contributed by atoms with van der Waals surface area (Å²) in [6.45, 7) is -0.0876. The maximum atomic E-state index is 11.9. The van der Waals surface area contributed by atoms with Crippen LogP contribution in [0.15, 0.2) is 48.5 Å². The molecule has 1 N–H and O–H groups in total. The maximum absolute atomic E-state index is 11.9. The second-order valence-corrected chi connectivity index (χ2v) is 5.08. The van der Waals surface area contributed by atoms with E-state index in [2.05, 4.69) is 5.32 Å². The number of benzene rings is 2. The van der Waals surface area contributed by atoms with Crippen LogP contribution in [0.25, 0.3) is 0 Å². The third-order valence-corrected chi connectivity index (χ3v) is 3.44. The highest BCUT2D eigenvalue weighted by Gasteiger charge is 2.11. The van der Waals surface area contributed by atoms with Crippen LogP contribution in [0.2, 0.25) is 5.02 Å². The van der Waals surface area contributed by atoms with Gasteiger partial charge in [-0.2, -0.15) is 0 Å². The molecule has 0 aliphatic rings. The quantitative estimate of drug-likeness (QED) is 0.826. The van der Waals surface area contributed by atoms with E-state index in [0.717, 1.165) is 5.56 Å². The first-order chi connectivity index (χ1) is 11.1. The largest absolute Gasteiger partial charge is 0.497 e. The fraction of sp³-hybridized carbons (Fsp3) is 0.176. The van der Waals surface area contributed by atoms with E-state index in [1.54, 1.807) is 30.3 Å². The monoisotopic (exact) mass is 333 g/mol. The number of halogens is 1.